The smallest absolute Gasteiger partial charge is 0.0541 e. The molecule has 2 aromatic heterocycles. The van der Waals surface area contributed by atoms with Crippen molar-refractivity contribution in [3.63, 3.8) is 0 Å². The van der Waals surface area contributed by atoms with Crippen molar-refractivity contribution in [1.29, 1.82) is 0 Å². The molecule has 2 heterocycles. The minimum Gasteiger partial charge on any atom is -0.310 e. The van der Waals surface area contributed by atoms with Crippen LogP contribution in [-0.4, -0.2) is 9.13 Å². The predicted molar refractivity (Wildman–Crippen MR) is 199 cm³/mol. The molecule has 0 fully saturated rings. The summed E-state index contributed by atoms with van der Waals surface area (Å²) < 4.78 is 4.79. The molecule has 0 aliphatic carbocycles. The second kappa shape index (κ2) is 12.4. The molecular weight excluding hydrogens is 556 g/mol. The first-order chi connectivity index (χ1) is 22.8. The number of hydrogen-bond acceptors (Lipinski definition) is 0. The van der Waals surface area contributed by atoms with E-state index >= 15 is 0 Å². The van der Waals surface area contributed by atoms with Gasteiger partial charge in [-0.3, -0.25) is 0 Å². The topological polar surface area (TPSA) is 9.86 Å². The summed E-state index contributed by atoms with van der Waals surface area (Å²) >= 11 is 0. The van der Waals surface area contributed by atoms with Crippen molar-refractivity contribution in [2.75, 3.05) is 0 Å². The molecule has 0 saturated carbocycles. The van der Waals surface area contributed by atoms with Gasteiger partial charge < -0.3 is 9.13 Å². The SMILES string of the molecule is C/C=c1\c(=C/C)n(-c2ccccc2)c2ccc(-c3ccc4c(c3)c3ccccc3n4-c3ccccc3-c3ccccc3)cc12.CC. The van der Waals surface area contributed by atoms with Gasteiger partial charge in [0.2, 0.25) is 0 Å². The lowest BCUT2D eigenvalue weighted by Gasteiger charge is -2.14. The van der Waals surface area contributed by atoms with Crippen LogP contribution in [0.2, 0.25) is 0 Å². The second-order valence-electron chi connectivity index (χ2n) is 11.2. The lowest BCUT2D eigenvalue weighted by Crippen LogP contribution is -2.27. The molecule has 0 amide bonds. The van der Waals surface area contributed by atoms with Crippen LogP contribution in [0.25, 0.3) is 78.5 Å². The van der Waals surface area contributed by atoms with Crippen molar-refractivity contribution >= 4 is 44.9 Å². The normalized spacial score (nSPS) is 12.2. The van der Waals surface area contributed by atoms with Crippen molar-refractivity contribution < 1.29 is 0 Å². The van der Waals surface area contributed by atoms with Crippen LogP contribution in [0.15, 0.2) is 146 Å². The van der Waals surface area contributed by atoms with Gasteiger partial charge in [-0.25, -0.2) is 0 Å². The first kappa shape index (κ1) is 29.1. The number of aromatic nitrogens is 2. The van der Waals surface area contributed by atoms with Crippen LogP contribution in [0.1, 0.15) is 27.7 Å². The standard InChI is InChI=1S/C42H32N2.C2H6/c1-3-33-36-27-30(23-25-41(36)43(38(33)4-2)32-17-9-6-10-18-32)31-24-26-42-37(28-31)35-20-12-14-22-40(35)44(42)39-21-13-11-19-34(39)29-15-7-5-8-16-29;1-2/h3-28H,1-2H3;1-2H3/b33-3-,38-4+;. The Morgan fingerprint density at radius 3 is 1.70 bits per heavy atom. The van der Waals surface area contributed by atoms with E-state index in [9.17, 15) is 0 Å². The van der Waals surface area contributed by atoms with E-state index in [1.807, 2.05) is 13.8 Å². The molecule has 8 rings (SSSR count). The fourth-order valence-electron chi connectivity index (χ4n) is 6.90. The molecule has 224 valence electrons. The summed E-state index contributed by atoms with van der Waals surface area (Å²) in [6, 6.07) is 52.7. The lowest BCUT2D eigenvalue weighted by molar-refractivity contribution is 1.07. The number of rotatable bonds is 4. The van der Waals surface area contributed by atoms with E-state index in [1.54, 1.807) is 0 Å². The molecule has 0 bridgehead atoms. The molecule has 2 heteroatoms. The van der Waals surface area contributed by atoms with E-state index in [0.29, 0.717) is 0 Å². The molecule has 0 spiro atoms. The molecule has 0 atom stereocenters. The summed E-state index contributed by atoms with van der Waals surface area (Å²) in [5, 5.41) is 6.27. The highest BCUT2D eigenvalue weighted by atomic mass is 15.0. The predicted octanol–water partition coefficient (Wildman–Crippen LogP) is 10.7. The largest absolute Gasteiger partial charge is 0.310 e. The summed E-state index contributed by atoms with van der Waals surface area (Å²) in [4.78, 5) is 0. The Morgan fingerprint density at radius 1 is 0.435 bits per heavy atom. The van der Waals surface area contributed by atoms with Crippen molar-refractivity contribution in [3.8, 4) is 33.6 Å². The molecule has 0 radical (unpaired) electrons. The van der Waals surface area contributed by atoms with Crippen LogP contribution in [0.5, 0.6) is 0 Å². The first-order valence-corrected chi connectivity index (χ1v) is 16.3. The highest BCUT2D eigenvalue weighted by Gasteiger charge is 2.17. The number of hydrogen-bond donors (Lipinski definition) is 0. The molecule has 0 N–H and O–H groups in total. The Kier molecular flexibility index (Phi) is 7.86. The Bertz CT molecular complexity index is 2440. The third-order valence-electron chi connectivity index (χ3n) is 8.86. The molecule has 8 aromatic rings. The van der Waals surface area contributed by atoms with Crippen molar-refractivity contribution in [2.45, 2.75) is 27.7 Å². The van der Waals surface area contributed by atoms with Gasteiger partial charge in [0.15, 0.2) is 0 Å². The van der Waals surface area contributed by atoms with Gasteiger partial charge in [-0.1, -0.05) is 123 Å². The Morgan fingerprint density at radius 2 is 1.00 bits per heavy atom. The molecule has 2 nitrogen and oxygen atoms in total. The monoisotopic (exact) mass is 594 g/mol. The van der Waals surface area contributed by atoms with Gasteiger partial charge in [0, 0.05) is 38.0 Å². The zero-order chi connectivity index (χ0) is 31.6. The van der Waals surface area contributed by atoms with Crippen LogP contribution in [-0.2, 0) is 0 Å². The van der Waals surface area contributed by atoms with Gasteiger partial charge in [-0.15, -0.1) is 0 Å². The van der Waals surface area contributed by atoms with E-state index in [2.05, 4.69) is 181 Å². The molecule has 6 aromatic carbocycles. The minimum absolute atomic E-state index is 1.18. The maximum Gasteiger partial charge on any atom is 0.0541 e. The number of fused-ring (bicyclic) bond motifs is 4. The van der Waals surface area contributed by atoms with Crippen molar-refractivity contribution in [1.82, 2.24) is 9.13 Å². The van der Waals surface area contributed by atoms with Crippen LogP contribution in [0.4, 0.5) is 0 Å². The Labute approximate surface area is 270 Å². The summed E-state index contributed by atoms with van der Waals surface area (Å²) in [6.45, 7) is 8.26. The third-order valence-corrected chi connectivity index (χ3v) is 8.86. The van der Waals surface area contributed by atoms with E-state index in [1.165, 1.54) is 76.9 Å². The van der Waals surface area contributed by atoms with E-state index in [-0.39, 0.29) is 0 Å². The number of nitrogens with zero attached hydrogens (tertiary/aromatic N) is 2. The average molecular weight is 595 g/mol. The Hall–Kier alpha value is -5.60. The van der Waals surface area contributed by atoms with Crippen LogP contribution in [0.3, 0.4) is 0 Å². The van der Waals surface area contributed by atoms with Crippen molar-refractivity contribution in [2.24, 2.45) is 0 Å². The highest BCUT2D eigenvalue weighted by molar-refractivity contribution is 6.11. The summed E-state index contributed by atoms with van der Waals surface area (Å²) in [5.74, 6) is 0. The fraction of sp³-hybridized carbons (Fsp3) is 0.0909. The number of benzene rings is 6. The van der Waals surface area contributed by atoms with Gasteiger partial charge in [0.25, 0.3) is 0 Å². The summed E-state index contributed by atoms with van der Waals surface area (Å²) in [6.07, 6.45) is 4.46. The fourth-order valence-corrected chi connectivity index (χ4v) is 6.90. The van der Waals surface area contributed by atoms with Gasteiger partial charge in [-0.2, -0.15) is 0 Å². The highest BCUT2D eigenvalue weighted by Crippen LogP contribution is 2.38. The summed E-state index contributed by atoms with van der Waals surface area (Å²) in [7, 11) is 0. The zero-order valence-electron chi connectivity index (χ0n) is 26.9. The minimum atomic E-state index is 1.18. The van der Waals surface area contributed by atoms with Gasteiger partial charge >= 0.3 is 0 Å². The Balaban J connectivity index is 0.00000166. The van der Waals surface area contributed by atoms with E-state index in [4.69, 9.17) is 0 Å². The summed E-state index contributed by atoms with van der Waals surface area (Å²) in [5.41, 5.74) is 10.9. The van der Waals surface area contributed by atoms with Crippen LogP contribution >= 0.6 is 0 Å². The molecule has 0 aliphatic heterocycles. The molecular formula is C44H38N2. The third kappa shape index (κ3) is 4.74. The molecule has 0 aliphatic rings. The van der Waals surface area contributed by atoms with Gasteiger partial charge in [-0.05, 0) is 79.1 Å². The number of para-hydroxylation sites is 3. The maximum atomic E-state index is 2.42. The van der Waals surface area contributed by atoms with Crippen LogP contribution in [0, 0.1) is 0 Å². The van der Waals surface area contributed by atoms with Gasteiger partial charge in [0.05, 0.1) is 22.2 Å². The maximum absolute atomic E-state index is 2.42. The molecule has 46 heavy (non-hydrogen) atoms. The van der Waals surface area contributed by atoms with E-state index < -0.39 is 0 Å². The van der Waals surface area contributed by atoms with Gasteiger partial charge in [0.1, 0.15) is 0 Å². The second-order valence-corrected chi connectivity index (χ2v) is 11.2. The van der Waals surface area contributed by atoms with Crippen molar-refractivity contribution in [3.05, 3.63) is 156 Å². The lowest BCUT2D eigenvalue weighted by atomic mass is 10.0. The zero-order valence-corrected chi connectivity index (χ0v) is 26.9. The quantitative estimate of drug-likeness (QED) is 0.192. The van der Waals surface area contributed by atoms with E-state index in [0.717, 1.165) is 0 Å². The molecule has 0 saturated heterocycles. The first-order valence-electron chi connectivity index (χ1n) is 16.3. The van der Waals surface area contributed by atoms with Crippen LogP contribution < -0.4 is 10.6 Å². The average Bonchev–Trinajstić information content (AvgIpc) is 3.64. The molecule has 0 unspecified atom stereocenters.